The zero-order valence-electron chi connectivity index (χ0n) is 7.04. The van der Waals surface area contributed by atoms with Crippen LogP contribution in [0, 0.1) is 0 Å². The summed E-state index contributed by atoms with van der Waals surface area (Å²) in [7, 11) is 0. The van der Waals surface area contributed by atoms with Crippen LogP contribution in [0.3, 0.4) is 0 Å². The number of hydrogen-bond acceptors (Lipinski definition) is 4. The first-order valence-electron chi connectivity index (χ1n) is 3.85. The van der Waals surface area contributed by atoms with E-state index in [1.165, 1.54) is 24.9 Å². The second-order valence-electron chi connectivity index (χ2n) is 2.61. The predicted octanol–water partition coefficient (Wildman–Crippen LogP) is 1.43. The summed E-state index contributed by atoms with van der Waals surface area (Å²) in [6, 6.07) is 3.10. The van der Waals surface area contributed by atoms with Crippen molar-refractivity contribution in [3.63, 3.8) is 0 Å². The van der Waals surface area contributed by atoms with Gasteiger partial charge in [0.2, 0.25) is 0 Å². The maximum absolute atomic E-state index is 10.6. The number of carbonyl (C=O) groups is 1. The van der Waals surface area contributed by atoms with Gasteiger partial charge in [-0.05, 0) is 12.1 Å². The Morgan fingerprint density at radius 3 is 2.93 bits per heavy atom. The number of aromatic carboxylic acids is 1. The summed E-state index contributed by atoms with van der Waals surface area (Å²) in [5.41, 5.74) is 1.23. The van der Waals surface area contributed by atoms with Gasteiger partial charge in [0.05, 0.1) is 18.2 Å². The first kappa shape index (κ1) is 8.43. The summed E-state index contributed by atoms with van der Waals surface area (Å²) in [5, 5.41) is 8.69. The number of furan rings is 1. The maximum Gasteiger partial charge on any atom is 0.354 e. The minimum absolute atomic E-state index is 0.0313. The van der Waals surface area contributed by atoms with E-state index in [9.17, 15) is 4.79 Å². The second-order valence-corrected chi connectivity index (χ2v) is 2.61. The lowest BCUT2D eigenvalue weighted by Crippen LogP contribution is -2.00. The summed E-state index contributed by atoms with van der Waals surface area (Å²) >= 11 is 0. The Kier molecular flexibility index (Phi) is 1.98. The molecule has 2 rings (SSSR count). The molecule has 14 heavy (non-hydrogen) atoms. The third-order valence-electron chi connectivity index (χ3n) is 1.70. The van der Waals surface area contributed by atoms with Gasteiger partial charge in [0.1, 0.15) is 6.33 Å². The molecule has 0 aromatic carbocycles. The van der Waals surface area contributed by atoms with Crippen molar-refractivity contribution in [2.45, 2.75) is 0 Å². The monoisotopic (exact) mass is 190 g/mol. The van der Waals surface area contributed by atoms with E-state index >= 15 is 0 Å². The third kappa shape index (κ3) is 1.47. The maximum atomic E-state index is 10.6. The highest BCUT2D eigenvalue weighted by Crippen LogP contribution is 2.16. The Bertz CT molecular complexity index is 451. The molecule has 0 radical (unpaired) electrons. The zero-order chi connectivity index (χ0) is 9.97. The molecule has 0 unspecified atom stereocenters. The highest BCUT2D eigenvalue weighted by atomic mass is 16.4. The van der Waals surface area contributed by atoms with Crippen LogP contribution >= 0.6 is 0 Å². The Morgan fingerprint density at radius 2 is 2.29 bits per heavy atom. The topological polar surface area (TPSA) is 76.2 Å². The standard InChI is InChI=1S/C9H6N2O3/c12-9(13)8-3-7(10-5-11-8)6-1-2-14-4-6/h1-5H,(H,12,13). The van der Waals surface area contributed by atoms with Gasteiger partial charge >= 0.3 is 5.97 Å². The van der Waals surface area contributed by atoms with E-state index < -0.39 is 5.97 Å². The fraction of sp³-hybridized carbons (Fsp3) is 0. The molecule has 0 aliphatic carbocycles. The van der Waals surface area contributed by atoms with E-state index in [1.807, 2.05) is 0 Å². The summed E-state index contributed by atoms with van der Waals surface area (Å²) in [5.74, 6) is -1.07. The number of rotatable bonds is 2. The van der Waals surface area contributed by atoms with Gasteiger partial charge in [-0.1, -0.05) is 0 Å². The molecule has 0 fully saturated rings. The third-order valence-corrected chi connectivity index (χ3v) is 1.70. The summed E-state index contributed by atoms with van der Waals surface area (Å²) < 4.78 is 4.86. The van der Waals surface area contributed by atoms with Gasteiger partial charge < -0.3 is 9.52 Å². The molecule has 0 saturated heterocycles. The van der Waals surface area contributed by atoms with Crippen LogP contribution in [0.4, 0.5) is 0 Å². The van der Waals surface area contributed by atoms with Gasteiger partial charge in [-0.25, -0.2) is 14.8 Å². The number of hydrogen-bond donors (Lipinski definition) is 1. The molecule has 0 atom stereocenters. The van der Waals surface area contributed by atoms with Crippen LogP contribution < -0.4 is 0 Å². The van der Waals surface area contributed by atoms with Crippen LogP contribution in [-0.4, -0.2) is 21.0 Å². The molecule has 0 aliphatic rings. The number of carboxylic acids is 1. The highest BCUT2D eigenvalue weighted by Gasteiger charge is 2.07. The first-order valence-corrected chi connectivity index (χ1v) is 3.85. The van der Waals surface area contributed by atoms with Gasteiger partial charge in [-0.3, -0.25) is 0 Å². The van der Waals surface area contributed by atoms with Crippen LogP contribution in [-0.2, 0) is 0 Å². The summed E-state index contributed by atoms with van der Waals surface area (Å²) in [6.45, 7) is 0. The normalized spacial score (nSPS) is 10.0. The fourth-order valence-corrected chi connectivity index (χ4v) is 1.04. The lowest BCUT2D eigenvalue weighted by molar-refractivity contribution is 0.0690. The van der Waals surface area contributed by atoms with Crippen molar-refractivity contribution in [3.05, 3.63) is 36.7 Å². The second kappa shape index (κ2) is 3.29. The van der Waals surface area contributed by atoms with Crippen molar-refractivity contribution >= 4 is 5.97 Å². The molecule has 0 aliphatic heterocycles. The van der Waals surface area contributed by atoms with Crippen molar-refractivity contribution in [2.24, 2.45) is 0 Å². The largest absolute Gasteiger partial charge is 0.477 e. The van der Waals surface area contributed by atoms with Crippen molar-refractivity contribution in [1.82, 2.24) is 9.97 Å². The van der Waals surface area contributed by atoms with Crippen LogP contribution in [0.1, 0.15) is 10.5 Å². The molecular weight excluding hydrogens is 184 g/mol. The molecule has 0 saturated carbocycles. The average molecular weight is 190 g/mol. The molecule has 5 nitrogen and oxygen atoms in total. The van der Waals surface area contributed by atoms with Gasteiger partial charge in [-0.15, -0.1) is 0 Å². The first-order chi connectivity index (χ1) is 6.77. The Labute approximate surface area is 79.0 Å². The summed E-state index contributed by atoms with van der Waals surface area (Å²) in [4.78, 5) is 18.1. The molecule has 2 aromatic rings. The lowest BCUT2D eigenvalue weighted by Gasteiger charge is -1.96. The van der Waals surface area contributed by atoms with Crippen LogP contribution in [0.25, 0.3) is 11.3 Å². The minimum Gasteiger partial charge on any atom is -0.477 e. The Morgan fingerprint density at radius 1 is 1.43 bits per heavy atom. The van der Waals surface area contributed by atoms with E-state index in [-0.39, 0.29) is 5.69 Å². The van der Waals surface area contributed by atoms with Gasteiger partial charge in [0.25, 0.3) is 0 Å². The van der Waals surface area contributed by atoms with E-state index in [0.29, 0.717) is 5.69 Å². The van der Waals surface area contributed by atoms with Crippen LogP contribution in [0.5, 0.6) is 0 Å². The lowest BCUT2D eigenvalue weighted by atomic mass is 10.2. The molecule has 0 bridgehead atoms. The molecular formula is C9H6N2O3. The minimum atomic E-state index is -1.07. The van der Waals surface area contributed by atoms with E-state index in [0.717, 1.165) is 5.56 Å². The molecule has 2 aromatic heterocycles. The van der Waals surface area contributed by atoms with Crippen LogP contribution in [0.15, 0.2) is 35.4 Å². The van der Waals surface area contributed by atoms with Crippen LogP contribution in [0.2, 0.25) is 0 Å². The highest BCUT2D eigenvalue weighted by molar-refractivity contribution is 5.86. The van der Waals surface area contributed by atoms with E-state index in [1.54, 1.807) is 6.07 Å². The zero-order valence-corrected chi connectivity index (χ0v) is 7.04. The van der Waals surface area contributed by atoms with Crippen molar-refractivity contribution in [3.8, 4) is 11.3 Å². The van der Waals surface area contributed by atoms with E-state index in [2.05, 4.69) is 9.97 Å². The Hall–Kier alpha value is -2.17. The number of aromatic nitrogens is 2. The summed E-state index contributed by atoms with van der Waals surface area (Å²) in [6.07, 6.45) is 4.21. The molecule has 5 heteroatoms. The molecule has 1 N–H and O–H groups in total. The fourth-order valence-electron chi connectivity index (χ4n) is 1.04. The van der Waals surface area contributed by atoms with Gasteiger partial charge in [0, 0.05) is 5.56 Å². The SMILES string of the molecule is O=C(O)c1cc(-c2ccoc2)ncn1. The molecule has 0 spiro atoms. The van der Waals surface area contributed by atoms with Gasteiger partial charge in [-0.2, -0.15) is 0 Å². The molecule has 70 valence electrons. The van der Waals surface area contributed by atoms with E-state index in [4.69, 9.17) is 9.52 Å². The van der Waals surface area contributed by atoms with Gasteiger partial charge in [0.15, 0.2) is 5.69 Å². The number of nitrogens with zero attached hydrogens (tertiary/aromatic N) is 2. The average Bonchev–Trinajstić information content (AvgIpc) is 2.71. The Balaban J connectivity index is 2.46. The quantitative estimate of drug-likeness (QED) is 0.775. The van der Waals surface area contributed by atoms with Crippen molar-refractivity contribution < 1.29 is 14.3 Å². The predicted molar refractivity (Wildman–Crippen MR) is 46.7 cm³/mol. The smallest absolute Gasteiger partial charge is 0.354 e. The van der Waals surface area contributed by atoms with Crippen molar-refractivity contribution in [1.29, 1.82) is 0 Å². The molecule has 0 amide bonds. The van der Waals surface area contributed by atoms with Crippen molar-refractivity contribution in [2.75, 3.05) is 0 Å². The molecule has 2 heterocycles. The number of carboxylic acid groups (broad SMARTS) is 1.